The number of fused-ring (bicyclic) bond motifs is 1. The third-order valence-electron chi connectivity index (χ3n) is 5.62. The summed E-state index contributed by atoms with van der Waals surface area (Å²) in [5.74, 6) is 1.22. The van der Waals surface area contributed by atoms with Crippen LogP contribution in [-0.4, -0.2) is 56.9 Å². The van der Waals surface area contributed by atoms with Gasteiger partial charge in [-0.25, -0.2) is 0 Å². The fraction of sp³-hybridized carbons (Fsp3) is 0.500. The number of amides is 2. The average Bonchev–Trinajstić information content (AvgIpc) is 3.45. The lowest BCUT2D eigenvalue weighted by Gasteiger charge is -2.27. The second-order valence-corrected chi connectivity index (χ2v) is 8.65. The molecule has 28 heavy (non-hydrogen) atoms. The molecule has 2 aromatic rings. The van der Waals surface area contributed by atoms with Gasteiger partial charge in [0.15, 0.2) is 5.16 Å². The molecule has 2 aliphatic heterocycles. The smallest absolute Gasteiger partial charge is 0.261 e. The third-order valence-corrected chi connectivity index (χ3v) is 6.54. The Morgan fingerprint density at radius 2 is 1.64 bits per heavy atom. The Labute approximate surface area is 168 Å². The number of carbonyl (C=O) groups is 2. The van der Waals surface area contributed by atoms with Crippen LogP contribution in [0.15, 0.2) is 29.4 Å². The molecule has 2 amide bonds. The van der Waals surface area contributed by atoms with Crippen molar-refractivity contribution in [1.82, 2.24) is 19.7 Å². The van der Waals surface area contributed by atoms with Gasteiger partial charge in [-0.1, -0.05) is 23.9 Å². The summed E-state index contributed by atoms with van der Waals surface area (Å²) >= 11 is 1.59. The molecule has 3 heterocycles. The van der Waals surface area contributed by atoms with Crippen molar-refractivity contribution in [3.8, 4) is 0 Å². The number of benzene rings is 1. The molecule has 1 aliphatic carbocycles. The van der Waals surface area contributed by atoms with E-state index in [2.05, 4.69) is 19.7 Å². The highest BCUT2D eigenvalue weighted by Crippen LogP contribution is 2.41. The zero-order chi connectivity index (χ0) is 19.1. The number of carbonyl (C=O) groups excluding carboxylic acids is 2. The van der Waals surface area contributed by atoms with E-state index in [1.165, 1.54) is 37.0 Å². The van der Waals surface area contributed by atoms with Gasteiger partial charge in [0.25, 0.3) is 11.8 Å². The lowest BCUT2D eigenvalue weighted by Crippen LogP contribution is -2.32. The molecule has 0 spiro atoms. The number of piperidine rings is 1. The van der Waals surface area contributed by atoms with Gasteiger partial charge in [0.1, 0.15) is 0 Å². The Morgan fingerprint density at radius 3 is 2.29 bits per heavy atom. The Balaban J connectivity index is 1.27. The van der Waals surface area contributed by atoms with E-state index in [0.717, 1.165) is 24.2 Å². The van der Waals surface area contributed by atoms with Crippen molar-refractivity contribution in [2.75, 3.05) is 30.3 Å². The second kappa shape index (κ2) is 7.24. The van der Waals surface area contributed by atoms with Crippen molar-refractivity contribution in [3.05, 3.63) is 35.4 Å². The summed E-state index contributed by atoms with van der Waals surface area (Å²) in [4.78, 5) is 28.7. The predicted octanol–water partition coefficient (Wildman–Crippen LogP) is 2.99. The minimum atomic E-state index is -0.195. The van der Waals surface area contributed by atoms with E-state index in [4.69, 9.17) is 0 Å². The summed E-state index contributed by atoms with van der Waals surface area (Å²) in [6.07, 6.45) is 6.05. The molecule has 8 heteroatoms. The van der Waals surface area contributed by atoms with E-state index in [-0.39, 0.29) is 11.8 Å². The van der Waals surface area contributed by atoms with Crippen LogP contribution in [0.25, 0.3) is 0 Å². The van der Waals surface area contributed by atoms with Crippen LogP contribution in [0.4, 0.5) is 5.95 Å². The van der Waals surface area contributed by atoms with Crippen LogP contribution in [0, 0.1) is 0 Å². The summed E-state index contributed by atoms with van der Waals surface area (Å²) in [5, 5.41) is 9.83. The summed E-state index contributed by atoms with van der Waals surface area (Å²) in [6.45, 7) is 2.47. The normalized spacial score (nSPS) is 19.4. The fourth-order valence-corrected chi connectivity index (χ4v) is 4.92. The molecule has 0 bridgehead atoms. The first-order valence-corrected chi connectivity index (χ1v) is 11.0. The van der Waals surface area contributed by atoms with E-state index in [1.807, 2.05) is 0 Å². The van der Waals surface area contributed by atoms with Crippen LogP contribution in [0.1, 0.15) is 58.9 Å². The minimum Gasteiger partial charge on any atom is -0.341 e. The SMILES string of the molecule is O=C1c2ccccc2C(=O)N1CCSc1nnc(N2CCCCC2)n1C1CC1. The number of hydrogen-bond donors (Lipinski definition) is 0. The molecular weight excluding hydrogens is 374 g/mol. The van der Waals surface area contributed by atoms with Crippen LogP contribution in [0.3, 0.4) is 0 Å². The largest absolute Gasteiger partial charge is 0.341 e. The summed E-state index contributed by atoms with van der Waals surface area (Å²) in [5.41, 5.74) is 1.01. The molecule has 2 fully saturated rings. The quantitative estimate of drug-likeness (QED) is 0.551. The minimum absolute atomic E-state index is 0.195. The number of aromatic nitrogens is 3. The molecular formula is C20H23N5O2S. The Bertz CT molecular complexity index is 882. The van der Waals surface area contributed by atoms with Crippen molar-refractivity contribution in [3.63, 3.8) is 0 Å². The number of nitrogens with zero attached hydrogens (tertiary/aromatic N) is 5. The standard InChI is InChI=1S/C20H23N5O2S/c26-17-15-6-2-3-7-16(15)18(27)24(17)12-13-28-20-22-21-19(25(20)14-8-9-14)23-10-4-1-5-11-23/h2-3,6-7,14H,1,4-5,8-13H2. The first kappa shape index (κ1) is 17.7. The topological polar surface area (TPSA) is 71.3 Å². The van der Waals surface area contributed by atoms with Crippen molar-refractivity contribution in [1.29, 1.82) is 0 Å². The Morgan fingerprint density at radius 1 is 0.964 bits per heavy atom. The second-order valence-electron chi connectivity index (χ2n) is 7.59. The highest BCUT2D eigenvalue weighted by molar-refractivity contribution is 7.99. The molecule has 3 aliphatic rings. The Kier molecular flexibility index (Phi) is 4.58. The van der Waals surface area contributed by atoms with Crippen LogP contribution < -0.4 is 4.90 Å². The van der Waals surface area contributed by atoms with Crippen molar-refractivity contribution in [2.45, 2.75) is 43.3 Å². The number of hydrogen-bond acceptors (Lipinski definition) is 6. The van der Waals surface area contributed by atoms with Crippen LogP contribution in [0.2, 0.25) is 0 Å². The van der Waals surface area contributed by atoms with Crippen molar-refractivity contribution >= 4 is 29.5 Å². The molecule has 0 N–H and O–H groups in total. The third kappa shape index (κ3) is 3.09. The highest BCUT2D eigenvalue weighted by Gasteiger charge is 2.35. The van der Waals surface area contributed by atoms with E-state index in [1.54, 1.807) is 36.0 Å². The summed E-state index contributed by atoms with van der Waals surface area (Å²) < 4.78 is 2.28. The lowest BCUT2D eigenvalue weighted by molar-refractivity contribution is 0.0664. The maximum Gasteiger partial charge on any atom is 0.261 e. The first-order chi connectivity index (χ1) is 13.7. The summed E-state index contributed by atoms with van der Waals surface area (Å²) in [6, 6.07) is 7.52. The highest BCUT2D eigenvalue weighted by atomic mass is 32.2. The maximum absolute atomic E-state index is 12.5. The van der Waals surface area contributed by atoms with Crippen LogP contribution in [0.5, 0.6) is 0 Å². The molecule has 0 atom stereocenters. The lowest BCUT2D eigenvalue weighted by atomic mass is 10.1. The molecule has 1 aromatic carbocycles. The number of thioether (sulfide) groups is 1. The number of rotatable bonds is 6. The van der Waals surface area contributed by atoms with Gasteiger partial charge in [-0.05, 0) is 44.2 Å². The van der Waals surface area contributed by atoms with E-state index >= 15 is 0 Å². The van der Waals surface area contributed by atoms with Crippen LogP contribution >= 0.6 is 11.8 Å². The van der Waals surface area contributed by atoms with E-state index in [0.29, 0.717) is 29.5 Å². The van der Waals surface area contributed by atoms with Gasteiger partial charge in [0.05, 0.1) is 11.1 Å². The van der Waals surface area contributed by atoms with Crippen molar-refractivity contribution in [2.24, 2.45) is 0 Å². The van der Waals surface area contributed by atoms with Gasteiger partial charge in [0, 0.05) is 31.4 Å². The van der Waals surface area contributed by atoms with Crippen molar-refractivity contribution < 1.29 is 9.59 Å². The van der Waals surface area contributed by atoms with Gasteiger partial charge in [-0.3, -0.25) is 19.1 Å². The predicted molar refractivity (Wildman–Crippen MR) is 107 cm³/mol. The van der Waals surface area contributed by atoms with Crippen LogP contribution in [-0.2, 0) is 0 Å². The first-order valence-electron chi connectivity index (χ1n) is 10.0. The van der Waals surface area contributed by atoms with Gasteiger partial charge >= 0.3 is 0 Å². The maximum atomic E-state index is 12.5. The molecule has 146 valence electrons. The molecule has 0 unspecified atom stereocenters. The van der Waals surface area contributed by atoms with E-state index < -0.39 is 0 Å². The molecule has 7 nitrogen and oxygen atoms in total. The number of imide groups is 1. The monoisotopic (exact) mass is 397 g/mol. The summed E-state index contributed by atoms with van der Waals surface area (Å²) in [7, 11) is 0. The van der Waals surface area contributed by atoms with Gasteiger partial charge < -0.3 is 4.90 Å². The van der Waals surface area contributed by atoms with E-state index in [9.17, 15) is 9.59 Å². The van der Waals surface area contributed by atoms with Gasteiger partial charge in [0.2, 0.25) is 5.95 Å². The average molecular weight is 398 g/mol. The molecule has 1 saturated heterocycles. The zero-order valence-electron chi connectivity index (χ0n) is 15.7. The Hall–Kier alpha value is -2.35. The molecule has 1 saturated carbocycles. The van der Waals surface area contributed by atoms with Gasteiger partial charge in [-0.15, -0.1) is 10.2 Å². The molecule has 0 radical (unpaired) electrons. The molecule has 5 rings (SSSR count). The fourth-order valence-electron chi connectivity index (χ4n) is 4.00. The molecule has 1 aromatic heterocycles. The zero-order valence-corrected chi connectivity index (χ0v) is 16.5. The van der Waals surface area contributed by atoms with Gasteiger partial charge in [-0.2, -0.15) is 0 Å². The number of anilines is 1.